The predicted molar refractivity (Wildman–Crippen MR) is 150 cm³/mol. The number of carbonyl (C=O) groups excluding carboxylic acids is 3. The van der Waals surface area contributed by atoms with Crippen molar-refractivity contribution in [3.8, 4) is 17.2 Å². The molecule has 5 N–H and O–H groups in total. The van der Waals surface area contributed by atoms with E-state index in [1.807, 2.05) is 27.7 Å². The zero-order valence-electron chi connectivity index (χ0n) is 22.7. The van der Waals surface area contributed by atoms with Gasteiger partial charge < -0.3 is 31.0 Å². The first-order valence-electron chi connectivity index (χ1n) is 12.1. The number of hydrogen-bond acceptors (Lipinski definition) is 9. The van der Waals surface area contributed by atoms with E-state index in [2.05, 4.69) is 9.69 Å². The molecule has 3 amide bonds. The number of methoxy groups -OCH3 is 2. The number of aromatic nitrogens is 1. The largest absolute Gasteiger partial charge is 0.497 e. The van der Waals surface area contributed by atoms with E-state index in [-0.39, 0.29) is 27.7 Å². The SMILES string of the molecule is CCOc1ccc([C@H](C(=O)NC(C)(C)C)N(C(=O)c2snc(C(N)=O)c2N)c2ccc(OC)cc2OC)cc1. The minimum atomic E-state index is -1.19. The van der Waals surface area contributed by atoms with Crippen LogP contribution in [0.1, 0.15) is 59.5 Å². The molecule has 0 bridgehead atoms. The minimum absolute atomic E-state index is 0.0545. The maximum atomic E-state index is 14.3. The number of primary amides is 1. The van der Waals surface area contributed by atoms with Crippen molar-refractivity contribution in [3.05, 3.63) is 58.6 Å². The number of ether oxygens (including phenoxy) is 3. The lowest BCUT2D eigenvalue weighted by atomic mass is 10.00. The number of nitrogens with one attached hydrogen (secondary N) is 1. The first kappa shape index (κ1) is 29.2. The summed E-state index contributed by atoms with van der Waals surface area (Å²) in [6.45, 7) is 7.83. The molecule has 0 unspecified atom stereocenters. The molecule has 0 fully saturated rings. The third-order valence-corrected chi connectivity index (χ3v) is 6.38. The van der Waals surface area contributed by atoms with Crippen LogP contribution in [-0.2, 0) is 4.79 Å². The summed E-state index contributed by atoms with van der Waals surface area (Å²) in [5.41, 5.74) is 11.3. The van der Waals surface area contributed by atoms with Gasteiger partial charge in [0.05, 0.1) is 32.2 Å². The summed E-state index contributed by atoms with van der Waals surface area (Å²) >= 11 is 0.719. The Labute approximate surface area is 231 Å². The van der Waals surface area contributed by atoms with Gasteiger partial charge in [-0.25, -0.2) is 0 Å². The summed E-state index contributed by atoms with van der Waals surface area (Å²) in [6.07, 6.45) is 0. The zero-order chi connectivity index (χ0) is 28.9. The van der Waals surface area contributed by atoms with Gasteiger partial charge in [0.1, 0.15) is 28.2 Å². The van der Waals surface area contributed by atoms with Crippen LogP contribution in [0.2, 0.25) is 0 Å². The summed E-state index contributed by atoms with van der Waals surface area (Å²) in [7, 11) is 2.94. The van der Waals surface area contributed by atoms with E-state index in [9.17, 15) is 14.4 Å². The summed E-state index contributed by atoms with van der Waals surface area (Å²) in [5.74, 6) is -0.660. The molecular formula is C27H33N5O6S. The molecule has 3 aromatic rings. The Bertz CT molecular complexity index is 1350. The fourth-order valence-electron chi connectivity index (χ4n) is 3.86. The molecule has 39 heavy (non-hydrogen) atoms. The Kier molecular flexibility index (Phi) is 9.02. The molecule has 3 rings (SSSR count). The molecule has 12 heteroatoms. The fourth-order valence-corrected chi connectivity index (χ4v) is 4.60. The van der Waals surface area contributed by atoms with Gasteiger partial charge in [-0.3, -0.25) is 19.3 Å². The molecule has 2 aromatic carbocycles. The zero-order valence-corrected chi connectivity index (χ0v) is 23.5. The quantitative estimate of drug-likeness (QED) is 0.343. The number of benzene rings is 2. The number of nitrogens with zero attached hydrogens (tertiary/aromatic N) is 2. The van der Waals surface area contributed by atoms with Crippen LogP contribution in [0.25, 0.3) is 0 Å². The molecule has 0 spiro atoms. The highest BCUT2D eigenvalue weighted by Gasteiger charge is 2.38. The smallest absolute Gasteiger partial charge is 0.273 e. The van der Waals surface area contributed by atoms with Gasteiger partial charge in [0.2, 0.25) is 5.91 Å². The molecule has 1 heterocycles. The maximum absolute atomic E-state index is 14.3. The summed E-state index contributed by atoms with van der Waals surface area (Å²) in [6, 6.07) is 10.5. The summed E-state index contributed by atoms with van der Waals surface area (Å²) in [4.78, 5) is 41.2. The van der Waals surface area contributed by atoms with Gasteiger partial charge in [0, 0.05) is 11.6 Å². The molecule has 208 valence electrons. The lowest BCUT2D eigenvalue weighted by Crippen LogP contribution is -2.49. The van der Waals surface area contributed by atoms with Crippen LogP contribution in [0.15, 0.2) is 42.5 Å². The molecule has 0 aliphatic heterocycles. The number of nitrogen functional groups attached to an aromatic ring is 1. The molecular weight excluding hydrogens is 522 g/mol. The van der Waals surface area contributed by atoms with Crippen LogP contribution in [0, 0.1) is 0 Å². The first-order valence-corrected chi connectivity index (χ1v) is 12.8. The van der Waals surface area contributed by atoms with Crippen LogP contribution in [0.3, 0.4) is 0 Å². The molecule has 0 saturated heterocycles. The molecule has 0 aliphatic carbocycles. The Morgan fingerprint density at radius 3 is 2.21 bits per heavy atom. The third kappa shape index (κ3) is 6.58. The standard InChI is InChI=1S/C27H33N5O6S/c1-7-38-16-10-8-15(9-11-16)22(25(34)30-27(2,3)4)32(18-13-12-17(36-5)14-19(18)37-6)26(35)23-20(28)21(24(29)33)31-39-23/h8-14,22H,7,28H2,1-6H3,(H2,29,33)(H,30,34)/t22-/m1/s1. The van der Waals surface area contributed by atoms with Gasteiger partial charge in [-0.05, 0) is 69.1 Å². The van der Waals surface area contributed by atoms with Gasteiger partial charge in [-0.15, -0.1) is 0 Å². The van der Waals surface area contributed by atoms with Crippen LogP contribution in [0.5, 0.6) is 17.2 Å². The van der Waals surface area contributed by atoms with Gasteiger partial charge >= 0.3 is 0 Å². The lowest BCUT2D eigenvalue weighted by Gasteiger charge is -2.34. The molecule has 0 saturated carbocycles. The number of anilines is 2. The second-order valence-corrected chi connectivity index (χ2v) is 10.3. The van der Waals surface area contributed by atoms with Crippen molar-refractivity contribution < 1.29 is 28.6 Å². The van der Waals surface area contributed by atoms with Crippen LogP contribution >= 0.6 is 11.5 Å². The monoisotopic (exact) mass is 555 g/mol. The van der Waals surface area contributed by atoms with E-state index in [4.69, 9.17) is 25.7 Å². The number of amides is 3. The topological polar surface area (TPSA) is 159 Å². The van der Waals surface area contributed by atoms with Crippen LogP contribution in [-0.4, -0.2) is 48.5 Å². The van der Waals surface area contributed by atoms with Gasteiger partial charge in [-0.1, -0.05) is 12.1 Å². The highest BCUT2D eigenvalue weighted by atomic mass is 32.1. The Morgan fingerprint density at radius 1 is 1.05 bits per heavy atom. The van der Waals surface area contributed by atoms with Crippen molar-refractivity contribution >= 4 is 40.6 Å². The highest BCUT2D eigenvalue weighted by molar-refractivity contribution is 7.09. The first-order chi connectivity index (χ1) is 18.4. The summed E-state index contributed by atoms with van der Waals surface area (Å²) < 4.78 is 20.5. The van der Waals surface area contributed by atoms with E-state index in [0.717, 1.165) is 11.5 Å². The van der Waals surface area contributed by atoms with Gasteiger partial charge in [-0.2, -0.15) is 4.37 Å². The Morgan fingerprint density at radius 2 is 1.69 bits per heavy atom. The van der Waals surface area contributed by atoms with Crippen molar-refractivity contribution in [2.75, 3.05) is 31.5 Å². The van der Waals surface area contributed by atoms with Gasteiger partial charge in [0.25, 0.3) is 11.8 Å². The Hall–Kier alpha value is -4.32. The molecule has 11 nitrogen and oxygen atoms in total. The maximum Gasteiger partial charge on any atom is 0.273 e. The minimum Gasteiger partial charge on any atom is -0.497 e. The number of nitrogens with two attached hydrogens (primary N) is 2. The number of rotatable bonds is 10. The van der Waals surface area contributed by atoms with E-state index in [1.54, 1.807) is 42.5 Å². The highest BCUT2D eigenvalue weighted by Crippen LogP contribution is 2.40. The normalized spacial score (nSPS) is 11.8. The lowest BCUT2D eigenvalue weighted by molar-refractivity contribution is -0.123. The van der Waals surface area contributed by atoms with Crippen molar-refractivity contribution in [2.24, 2.45) is 5.73 Å². The second-order valence-electron chi connectivity index (χ2n) is 9.50. The van der Waals surface area contributed by atoms with E-state index < -0.39 is 29.3 Å². The third-order valence-electron chi connectivity index (χ3n) is 5.53. The van der Waals surface area contributed by atoms with E-state index in [0.29, 0.717) is 23.7 Å². The Balaban J connectivity index is 2.30. The van der Waals surface area contributed by atoms with Crippen LogP contribution < -0.4 is 35.9 Å². The van der Waals surface area contributed by atoms with Crippen molar-refractivity contribution in [1.29, 1.82) is 0 Å². The molecule has 1 atom stereocenters. The predicted octanol–water partition coefficient (Wildman–Crippen LogP) is 3.54. The number of hydrogen-bond donors (Lipinski definition) is 3. The van der Waals surface area contributed by atoms with E-state index >= 15 is 0 Å². The van der Waals surface area contributed by atoms with Crippen molar-refractivity contribution in [3.63, 3.8) is 0 Å². The second kappa shape index (κ2) is 12.0. The van der Waals surface area contributed by atoms with Gasteiger partial charge in [0.15, 0.2) is 5.69 Å². The molecule has 0 aliphatic rings. The molecule has 1 aromatic heterocycles. The van der Waals surface area contributed by atoms with Crippen molar-refractivity contribution in [1.82, 2.24) is 9.69 Å². The number of carbonyl (C=O) groups is 3. The summed E-state index contributed by atoms with van der Waals surface area (Å²) in [5, 5.41) is 2.96. The van der Waals surface area contributed by atoms with Crippen molar-refractivity contribution in [2.45, 2.75) is 39.3 Å². The van der Waals surface area contributed by atoms with E-state index in [1.165, 1.54) is 19.1 Å². The average molecular weight is 556 g/mol. The fraction of sp³-hybridized carbons (Fsp3) is 0.333. The molecule has 0 radical (unpaired) electrons. The van der Waals surface area contributed by atoms with Crippen LogP contribution in [0.4, 0.5) is 11.4 Å². The average Bonchev–Trinajstić information content (AvgIpc) is 3.27.